The van der Waals surface area contributed by atoms with Crippen LogP contribution in [0.2, 0.25) is 0 Å². The summed E-state index contributed by atoms with van der Waals surface area (Å²) in [4.78, 5) is 11.7. The molecule has 0 aliphatic heterocycles. The normalized spacial score (nSPS) is 22.2. The minimum Gasteiger partial charge on any atom is -0.451 e. The summed E-state index contributed by atoms with van der Waals surface area (Å²) in [7, 11) is 0. The second kappa shape index (κ2) is 4.56. The molecule has 0 aromatic heterocycles. The van der Waals surface area contributed by atoms with Gasteiger partial charge in [-0.25, -0.2) is 9.18 Å². The standard InChI is InChI=1S/C15H17FO2/c1-10(2)14(17)18-15(3)9-5-6-11-12(15)7-4-8-13(11)16/h4,7-8H,1,5-6,9H2,2-3H3. The van der Waals surface area contributed by atoms with Gasteiger partial charge >= 0.3 is 5.97 Å². The van der Waals surface area contributed by atoms with E-state index >= 15 is 0 Å². The van der Waals surface area contributed by atoms with Gasteiger partial charge in [0.2, 0.25) is 0 Å². The van der Waals surface area contributed by atoms with Crippen molar-refractivity contribution in [3.05, 3.63) is 47.3 Å². The molecule has 96 valence electrons. The van der Waals surface area contributed by atoms with Crippen molar-refractivity contribution in [1.82, 2.24) is 0 Å². The van der Waals surface area contributed by atoms with Crippen LogP contribution in [-0.2, 0) is 21.6 Å². The van der Waals surface area contributed by atoms with Gasteiger partial charge in [-0.3, -0.25) is 0 Å². The Morgan fingerprint density at radius 3 is 2.89 bits per heavy atom. The topological polar surface area (TPSA) is 26.3 Å². The Morgan fingerprint density at radius 1 is 1.50 bits per heavy atom. The van der Waals surface area contributed by atoms with E-state index in [1.807, 2.05) is 13.0 Å². The molecule has 0 N–H and O–H groups in total. The number of hydrogen-bond donors (Lipinski definition) is 0. The van der Waals surface area contributed by atoms with Crippen LogP contribution in [0, 0.1) is 5.82 Å². The van der Waals surface area contributed by atoms with Gasteiger partial charge in [0.05, 0.1) is 0 Å². The number of benzene rings is 1. The molecule has 2 rings (SSSR count). The van der Waals surface area contributed by atoms with Gasteiger partial charge in [0.15, 0.2) is 0 Å². The molecule has 1 aromatic rings. The molecule has 18 heavy (non-hydrogen) atoms. The zero-order valence-corrected chi connectivity index (χ0v) is 10.8. The van der Waals surface area contributed by atoms with Crippen LogP contribution in [0.25, 0.3) is 0 Å². The zero-order valence-electron chi connectivity index (χ0n) is 10.8. The molecule has 3 heteroatoms. The van der Waals surface area contributed by atoms with Gasteiger partial charge in [-0.15, -0.1) is 0 Å². The van der Waals surface area contributed by atoms with Crippen molar-refractivity contribution < 1.29 is 13.9 Å². The molecule has 0 fully saturated rings. The molecular weight excluding hydrogens is 231 g/mol. The summed E-state index contributed by atoms with van der Waals surface area (Å²) in [5.41, 5.74) is 1.06. The molecule has 0 bridgehead atoms. The number of esters is 1. The monoisotopic (exact) mass is 248 g/mol. The van der Waals surface area contributed by atoms with Crippen LogP contribution >= 0.6 is 0 Å². The molecule has 0 heterocycles. The number of fused-ring (bicyclic) bond motifs is 1. The van der Waals surface area contributed by atoms with Gasteiger partial charge in [-0.05, 0) is 44.7 Å². The van der Waals surface area contributed by atoms with Gasteiger partial charge in [0.25, 0.3) is 0 Å². The fourth-order valence-electron chi connectivity index (χ4n) is 2.44. The Hall–Kier alpha value is -1.64. The molecule has 0 saturated carbocycles. The van der Waals surface area contributed by atoms with E-state index < -0.39 is 11.6 Å². The van der Waals surface area contributed by atoms with E-state index in [-0.39, 0.29) is 5.82 Å². The molecule has 2 nitrogen and oxygen atoms in total. The highest BCUT2D eigenvalue weighted by Crippen LogP contribution is 2.39. The van der Waals surface area contributed by atoms with Crippen LogP contribution in [0.3, 0.4) is 0 Å². The van der Waals surface area contributed by atoms with Gasteiger partial charge in [0.1, 0.15) is 11.4 Å². The predicted molar refractivity (Wildman–Crippen MR) is 67.6 cm³/mol. The highest BCUT2D eigenvalue weighted by atomic mass is 19.1. The maximum atomic E-state index is 13.8. The van der Waals surface area contributed by atoms with Gasteiger partial charge in [-0.1, -0.05) is 18.7 Å². The second-order valence-corrected chi connectivity index (χ2v) is 5.02. The van der Waals surface area contributed by atoms with Crippen LogP contribution < -0.4 is 0 Å². The lowest BCUT2D eigenvalue weighted by Gasteiger charge is -2.35. The van der Waals surface area contributed by atoms with Crippen molar-refractivity contribution in [2.75, 3.05) is 0 Å². The van der Waals surface area contributed by atoms with Crippen molar-refractivity contribution in [1.29, 1.82) is 0 Å². The largest absolute Gasteiger partial charge is 0.451 e. The lowest BCUT2D eigenvalue weighted by Crippen LogP contribution is -2.33. The number of hydrogen-bond acceptors (Lipinski definition) is 2. The Balaban J connectivity index is 2.40. The third-order valence-corrected chi connectivity index (χ3v) is 3.44. The van der Waals surface area contributed by atoms with Crippen molar-refractivity contribution in [3.63, 3.8) is 0 Å². The van der Waals surface area contributed by atoms with E-state index in [1.54, 1.807) is 13.0 Å². The maximum Gasteiger partial charge on any atom is 0.333 e. The van der Waals surface area contributed by atoms with Crippen LogP contribution in [0.5, 0.6) is 0 Å². The van der Waals surface area contributed by atoms with Gasteiger partial charge in [-0.2, -0.15) is 0 Å². The number of carbonyl (C=O) groups is 1. The molecule has 1 aliphatic rings. The Kier molecular flexibility index (Phi) is 3.24. The Morgan fingerprint density at radius 2 is 2.22 bits per heavy atom. The second-order valence-electron chi connectivity index (χ2n) is 5.02. The third-order valence-electron chi connectivity index (χ3n) is 3.44. The first-order valence-electron chi connectivity index (χ1n) is 6.11. The van der Waals surface area contributed by atoms with E-state index in [0.29, 0.717) is 24.0 Å². The fourth-order valence-corrected chi connectivity index (χ4v) is 2.44. The number of carbonyl (C=O) groups excluding carboxylic acids is 1. The molecule has 0 amide bonds. The van der Waals surface area contributed by atoms with Crippen molar-refractivity contribution >= 4 is 5.97 Å². The van der Waals surface area contributed by atoms with E-state index in [1.165, 1.54) is 6.07 Å². The molecule has 1 aliphatic carbocycles. The Labute approximate surface area is 106 Å². The van der Waals surface area contributed by atoms with Crippen LogP contribution in [0.4, 0.5) is 4.39 Å². The van der Waals surface area contributed by atoms with Gasteiger partial charge in [0, 0.05) is 11.1 Å². The zero-order chi connectivity index (χ0) is 13.3. The van der Waals surface area contributed by atoms with Crippen molar-refractivity contribution in [2.45, 2.75) is 38.7 Å². The predicted octanol–water partition coefficient (Wildman–Crippen LogP) is 3.50. The average molecular weight is 248 g/mol. The third kappa shape index (κ3) is 2.17. The summed E-state index contributed by atoms with van der Waals surface area (Å²) < 4.78 is 19.3. The molecule has 0 radical (unpaired) electrons. The smallest absolute Gasteiger partial charge is 0.333 e. The highest BCUT2D eigenvalue weighted by Gasteiger charge is 2.36. The first kappa shape index (κ1) is 12.8. The molecule has 1 unspecified atom stereocenters. The fraction of sp³-hybridized carbons (Fsp3) is 0.400. The Bertz CT molecular complexity index is 507. The summed E-state index contributed by atoms with van der Waals surface area (Å²) in [6.45, 7) is 7.03. The van der Waals surface area contributed by atoms with E-state index in [9.17, 15) is 9.18 Å². The summed E-state index contributed by atoms with van der Waals surface area (Å²) in [6, 6.07) is 4.95. The number of halogens is 1. The molecule has 1 atom stereocenters. The quantitative estimate of drug-likeness (QED) is 0.591. The van der Waals surface area contributed by atoms with Crippen molar-refractivity contribution in [2.24, 2.45) is 0 Å². The minimum absolute atomic E-state index is 0.218. The minimum atomic E-state index is -0.744. The van der Waals surface area contributed by atoms with Gasteiger partial charge < -0.3 is 4.74 Å². The summed E-state index contributed by atoms with van der Waals surface area (Å²) >= 11 is 0. The van der Waals surface area contributed by atoms with E-state index in [2.05, 4.69) is 6.58 Å². The van der Waals surface area contributed by atoms with Crippen LogP contribution in [0.15, 0.2) is 30.4 Å². The SMILES string of the molecule is C=C(C)C(=O)OC1(C)CCCc2c(F)cccc21. The highest BCUT2D eigenvalue weighted by molar-refractivity contribution is 5.87. The average Bonchev–Trinajstić information content (AvgIpc) is 2.30. The van der Waals surface area contributed by atoms with Crippen LogP contribution in [-0.4, -0.2) is 5.97 Å². The number of ether oxygens (including phenoxy) is 1. The summed E-state index contributed by atoms with van der Waals surface area (Å²) in [5.74, 6) is -0.639. The molecule has 0 saturated heterocycles. The summed E-state index contributed by atoms with van der Waals surface area (Å²) in [5, 5.41) is 0. The molecular formula is C15H17FO2. The maximum absolute atomic E-state index is 13.8. The lowest BCUT2D eigenvalue weighted by molar-refractivity contribution is -0.155. The van der Waals surface area contributed by atoms with E-state index in [0.717, 1.165) is 12.0 Å². The summed E-state index contributed by atoms with van der Waals surface area (Å²) in [6.07, 6.45) is 2.22. The van der Waals surface area contributed by atoms with Crippen LogP contribution in [0.1, 0.15) is 37.8 Å². The molecule has 1 aromatic carbocycles. The molecule has 0 spiro atoms. The first-order valence-corrected chi connectivity index (χ1v) is 6.11. The number of rotatable bonds is 2. The lowest BCUT2D eigenvalue weighted by atomic mass is 9.80. The van der Waals surface area contributed by atoms with E-state index in [4.69, 9.17) is 4.74 Å². The van der Waals surface area contributed by atoms with Crippen molar-refractivity contribution in [3.8, 4) is 0 Å². The first-order chi connectivity index (χ1) is 8.44.